The van der Waals surface area contributed by atoms with E-state index in [1.807, 2.05) is 11.4 Å². The molecule has 0 aliphatic heterocycles. The van der Waals surface area contributed by atoms with E-state index in [9.17, 15) is 4.79 Å². The van der Waals surface area contributed by atoms with E-state index in [1.54, 1.807) is 18.3 Å². The average Bonchev–Trinajstić information content (AvgIpc) is 2.51. The smallest absolute Gasteiger partial charge is 0.221 e. The van der Waals surface area contributed by atoms with Gasteiger partial charge in [0, 0.05) is 24.9 Å². The van der Waals surface area contributed by atoms with E-state index in [4.69, 9.17) is 5.11 Å². The van der Waals surface area contributed by atoms with E-state index in [1.165, 1.54) is 6.92 Å². The standard InChI is InChI=1S/C10H16N2O2S/c1-7(13)5-11-6-10-9(3-4-15-10)12-8(2)14/h3-4,7,11,13H,5-6H2,1-2H3,(H,12,14). The van der Waals surface area contributed by atoms with Crippen molar-refractivity contribution in [3.8, 4) is 0 Å². The van der Waals surface area contributed by atoms with Gasteiger partial charge in [-0.05, 0) is 18.4 Å². The minimum atomic E-state index is -0.353. The van der Waals surface area contributed by atoms with Crippen molar-refractivity contribution < 1.29 is 9.90 Å². The van der Waals surface area contributed by atoms with Gasteiger partial charge < -0.3 is 15.7 Å². The number of amides is 1. The Bertz CT molecular complexity index is 323. The van der Waals surface area contributed by atoms with Crippen molar-refractivity contribution >= 4 is 22.9 Å². The summed E-state index contributed by atoms with van der Waals surface area (Å²) < 4.78 is 0. The molecule has 0 saturated heterocycles. The number of nitrogens with one attached hydrogen (secondary N) is 2. The molecule has 1 aromatic rings. The highest BCUT2D eigenvalue weighted by atomic mass is 32.1. The number of carbonyl (C=O) groups excluding carboxylic acids is 1. The topological polar surface area (TPSA) is 61.4 Å². The lowest BCUT2D eigenvalue weighted by atomic mass is 10.3. The van der Waals surface area contributed by atoms with E-state index in [2.05, 4.69) is 10.6 Å². The van der Waals surface area contributed by atoms with Gasteiger partial charge in [0.25, 0.3) is 0 Å². The number of aliphatic hydroxyl groups excluding tert-OH is 1. The summed E-state index contributed by atoms with van der Waals surface area (Å²) in [5, 5.41) is 16.9. The number of hydrogen-bond donors (Lipinski definition) is 3. The van der Waals surface area contributed by atoms with Gasteiger partial charge >= 0.3 is 0 Å². The maximum absolute atomic E-state index is 10.9. The summed E-state index contributed by atoms with van der Waals surface area (Å²) in [5.74, 6) is -0.0647. The van der Waals surface area contributed by atoms with Crippen LogP contribution in [-0.4, -0.2) is 23.7 Å². The van der Waals surface area contributed by atoms with Gasteiger partial charge in [0.05, 0.1) is 11.8 Å². The molecule has 1 atom stereocenters. The lowest BCUT2D eigenvalue weighted by molar-refractivity contribution is -0.114. The largest absolute Gasteiger partial charge is 0.392 e. The molecule has 0 aliphatic carbocycles. The van der Waals surface area contributed by atoms with Gasteiger partial charge in [-0.25, -0.2) is 0 Å². The number of hydrogen-bond acceptors (Lipinski definition) is 4. The Hall–Kier alpha value is -0.910. The summed E-state index contributed by atoms with van der Waals surface area (Å²) in [6.45, 7) is 4.44. The van der Waals surface area contributed by atoms with Gasteiger partial charge in [-0.3, -0.25) is 4.79 Å². The second-order valence-corrected chi connectivity index (χ2v) is 4.42. The maximum Gasteiger partial charge on any atom is 0.221 e. The first-order valence-electron chi connectivity index (χ1n) is 4.82. The zero-order valence-corrected chi connectivity index (χ0v) is 9.73. The molecule has 1 heterocycles. The minimum absolute atomic E-state index is 0.0647. The van der Waals surface area contributed by atoms with Crippen molar-refractivity contribution in [1.82, 2.24) is 5.32 Å². The van der Waals surface area contributed by atoms with Crippen LogP contribution in [-0.2, 0) is 11.3 Å². The summed E-state index contributed by atoms with van der Waals surface area (Å²) in [6.07, 6.45) is -0.353. The maximum atomic E-state index is 10.9. The summed E-state index contributed by atoms with van der Waals surface area (Å²) in [5.41, 5.74) is 0.852. The summed E-state index contributed by atoms with van der Waals surface area (Å²) in [6, 6.07) is 1.88. The van der Waals surface area contributed by atoms with Gasteiger partial charge in [-0.15, -0.1) is 11.3 Å². The molecule has 3 N–H and O–H groups in total. The van der Waals surface area contributed by atoms with Gasteiger partial charge in [-0.2, -0.15) is 0 Å². The Kier molecular flexibility index (Phi) is 4.74. The highest BCUT2D eigenvalue weighted by Crippen LogP contribution is 2.21. The summed E-state index contributed by atoms with van der Waals surface area (Å²) in [7, 11) is 0. The summed E-state index contributed by atoms with van der Waals surface area (Å²) >= 11 is 1.58. The van der Waals surface area contributed by atoms with Crippen LogP contribution in [0.4, 0.5) is 5.69 Å². The SMILES string of the molecule is CC(=O)Nc1ccsc1CNCC(C)O. The Labute approximate surface area is 93.3 Å². The molecule has 0 spiro atoms. The van der Waals surface area contributed by atoms with Crippen LogP contribution in [0.15, 0.2) is 11.4 Å². The van der Waals surface area contributed by atoms with Crippen LogP contribution in [0.25, 0.3) is 0 Å². The van der Waals surface area contributed by atoms with Crippen LogP contribution < -0.4 is 10.6 Å². The molecule has 1 aromatic heterocycles. The molecule has 0 radical (unpaired) electrons. The molecule has 1 amide bonds. The third kappa shape index (κ3) is 4.42. The van der Waals surface area contributed by atoms with Crippen LogP contribution in [0.2, 0.25) is 0 Å². The molecule has 15 heavy (non-hydrogen) atoms. The van der Waals surface area contributed by atoms with Crippen LogP contribution in [0.5, 0.6) is 0 Å². The van der Waals surface area contributed by atoms with E-state index >= 15 is 0 Å². The van der Waals surface area contributed by atoms with Crippen molar-refractivity contribution in [1.29, 1.82) is 0 Å². The van der Waals surface area contributed by atoms with E-state index in [-0.39, 0.29) is 12.0 Å². The predicted octanol–water partition coefficient (Wildman–Crippen LogP) is 1.18. The van der Waals surface area contributed by atoms with Crippen LogP contribution in [0, 0.1) is 0 Å². The predicted molar refractivity (Wildman–Crippen MR) is 62.0 cm³/mol. The molecule has 5 heteroatoms. The molecule has 0 saturated carbocycles. The van der Waals surface area contributed by atoms with E-state index in [0.717, 1.165) is 10.6 Å². The summed E-state index contributed by atoms with van der Waals surface area (Å²) in [4.78, 5) is 12.0. The average molecular weight is 228 g/mol. The highest BCUT2D eigenvalue weighted by Gasteiger charge is 2.05. The normalized spacial score (nSPS) is 12.5. The molecule has 84 valence electrons. The zero-order valence-electron chi connectivity index (χ0n) is 8.91. The highest BCUT2D eigenvalue weighted by molar-refractivity contribution is 7.10. The van der Waals surface area contributed by atoms with Gasteiger partial charge in [0.2, 0.25) is 5.91 Å². The van der Waals surface area contributed by atoms with Crippen LogP contribution in [0.1, 0.15) is 18.7 Å². The van der Waals surface area contributed by atoms with Crippen LogP contribution in [0.3, 0.4) is 0 Å². The lowest BCUT2D eigenvalue weighted by Crippen LogP contribution is -2.23. The number of rotatable bonds is 5. The Morgan fingerprint density at radius 1 is 1.67 bits per heavy atom. The molecule has 1 unspecified atom stereocenters. The Morgan fingerprint density at radius 2 is 2.40 bits per heavy atom. The fourth-order valence-corrected chi connectivity index (χ4v) is 1.97. The first-order valence-corrected chi connectivity index (χ1v) is 5.70. The fourth-order valence-electron chi connectivity index (χ4n) is 1.17. The minimum Gasteiger partial charge on any atom is -0.392 e. The van der Waals surface area contributed by atoms with Crippen molar-refractivity contribution in [2.75, 3.05) is 11.9 Å². The van der Waals surface area contributed by atoms with Crippen LogP contribution >= 0.6 is 11.3 Å². The second-order valence-electron chi connectivity index (χ2n) is 3.42. The van der Waals surface area contributed by atoms with Gasteiger partial charge in [0.1, 0.15) is 0 Å². The molecular formula is C10H16N2O2S. The Balaban J connectivity index is 2.46. The van der Waals surface area contributed by atoms with Crippen molar-refractivity contribution in [3.05, 3.63) is 16.3 Å². The number of aliphatic hydroxyl groups is 1. The molecule has 1 rings (SSSR count). The molecular weight excluding hydrogens is 212 g/mol. The van der Waals surface area contributed by atoms with Crippen molar-refractivity contribution in [2.45, 2.75) is 26.5 Å². The molecule has 0 aromatic carbocycles. The van der Waals surface area contributed by atoms with Crippen molar-refractivity contribution in [3.63, 3.8) is 0 Å². The zero-order chi connectivity index (χ0) is 11.3. The third-order valence-electron chi connectivity index (χ3n) is 1.78. The van der Waals surface area contributed by atoms with E-state index < -0.39 is 0 Å². The molecule has 0 aliphatic rings. The lowest BCUT2D eigenvalue weighted by Gasteiger charge is -2.07. The van der Waals surface area contributed by atoms with Crippen molar-refractivity contribution in [2.24, 2.45) is 0 Å². The van der Waals surface area contributed by atoms with Gasteiger partial charge in [-0.1, -0.05) is 0 Å². The number of carbonyl (C=O) groups is 1. The monoisotopic (exact) mass is 228 g/mol. The second kappa shape index (κ2) is 5.85. The first-order chi connectivity index (χ1) is 7.09. The quantitative estimate of drug-likeness (QED) is 0.709. The molecule has 0 fully saturated rings. The molecule has 0 bridgehead atoms. The molecule has 4 nitrogen and oxygen atoms in total. The number of anilines is 1. The fraction of sp³-hybridized carbons (Fsp3) is 0.500. The van der Waals surface area contributed by atoms with Gasteiger partial charge in [0.15, 0.2) is 0 Å². The number of thiophene rings is 1. The first kappa shape index (κ1) is 12.2. The third-order valence-corrected chi connectivity index (χ3v) is 2.70. The Morgan fingerprint density at radius 3 is 3.00 bits per heavy atom. The van der Waals surface area contributed by atoms with E-state index in [0.29, 0.717) is 13.1 Å².